The lowest BCUT2D eigenvalue weighted by Gasteiger charge is -2.13. The van der Waals surface area contributed by atoms with Gasteiger partial charge in [0.05, 0.1) is 22.4 Å². The fraction of sp³-hybridized carbons (Fsp3) is 0.190. The van der Waals surface area contributed by atoms with Crippen LogP contribution >= 0.6 is 23.5 Å². The van der Waals surface area contributed by atoms with E-state index in [1.165, 1.54) is 41.7 Å². The normalized spacial score (nSPS) is 10.4. The second kappa shape index (κ2) is 12.3. The Kier molecular flexibility index (Phi) is 9.43. The minimum absolute atomic E-state index is 0.0224. The molecule has 31 heavy (non-hydrogen) atoms. The molecule has 0 bridgehead atoms. The number of anilines is 2. The van der Waals surface area contributed by atoms with Crippen molar-refractivity contribution in [2.75, 3.05) is 29.1 Å². The molecule has 0 saturated carbocycles. The zero-order valence-corrected chi connectivity index (χ0v) is 18.0. The molecule has 0 aliphatic rings. The number of nitro benzene ring substituents is 1. The first-order valence-electron chi connectivity index (χ1n) is 9.07. The van der Waals surface area contributed by atoms with Gasteiger partial charge in [0.2, 0.25) is 12.5 Å². The Hall–Kier alpha value is -3.47. The van der Waals surface area contributed by atoms with Gasteiger partial charge in [0.25, 0.3) is 5.69 Å². The Morgan fingerprint density at radius 2 is 1.97 bits per heavy atom. The maximum Gasteiger partial charge on any atom is 0.269 e. The molecule has 158 valence electrons. The summed E-state index contributed by atoms with van der Waals surface area (Å²) in [5.41, 5.74) is 7.87. The summed E-state index contributed by atoms with van der Waals surface area (Å²) in [4.78, 5) is 27.5. The van der Waals surface area contributed by atoms with Crippen LogP contribution < -0.4 is 11.1 Å². The third-order valence-corrected chi connectivity index (χ3v) is 5.94. The van der Waals surface area contributed by atoms with E-state index in [0.29, 0.717) is 41.4 Å². The Bertz CT molecular complexity index is 1060. The number of nitriles is 1. The van der Waals surface area contributed by atoms with E-state index in [0.717, 1.165) is 9.79 Å². The van der Waals surface area contributed by atoms with E-state index in [1.807, 2.05) is 0 Å². The van der Waals surface area contributed by atoms with Gasteiger partial charge in [-0.15, -0.1) is 23.5 Å². The van der Waals surface area contributed by atoms with Crippen LogP contribution in [0.3, 0.4) is 0 Å². The number of nitrogens with zero attached hydrogens (tertiary/aromatic N) is 3. The van der Waals surface area contributed by atoms with Crippen molar-refractivity contribution < 1.29 is 9.72 Å². The standard InChI is InChI=1S/C21H19N5O3S2/c1-24-10-12-31-19-14-18(20(13-17(19)23)30-11-2-9-22)25-21(27)8-5-15-3-6-16(7-4-15)26(28)29/h3-8,13-14H,2,10-12,23H2,(H,25,27). The molecule has 2 aromatic carbocycles. The summed E-state index contributed by atoms with van der Waals surface area (Å²) >= 11 is 2.86. The first kappa shape index (κ1) is 23.8. The largest absolute Gasteiger partial charge is 0.398 e. The first-order chi connectivity index (χ1) is 14.9. The molecular formula is C21H19N5O3S2. The van der Waals surface area contributed by atoms with Crippen molar-refractivity contribution in [2.45, 2.75) is 16.2 Å². The number of nitrogens with one attached hydrogen (secondary N) is 1. The average Bonchev–Trinajstić information content (AvgIpc) is 2.75. The zero-order valence-electron chi connectivity index (χ0n) is 16.4. The number of hydrogen-bond acceptors (Lipinski definition) is 7. The number of nitro groups is 1. The second-order valence-electron chi connectivity index (χ2n) is 6.04. The number of nitrogen functional groups attached to an aromatic ring is 1. The number of non-ortho nitro benzene ring substituents is 1. The van der Waals surface area contributed by atoms with Gasteiger partial charge < -0.3 is 15.9 Å². The maximum atomic E-state index is 12.5. The molecule has 3 N–H and O–H groups in total. The van der Waals surface area contributed by atoms with Crippen LogP contribution in [0, 0.1) is 28.0 Å². The highest BCUT2D eigenvalue weighted by Crippen LogP contribution is 2.36. The van der Waals surface area contributed by atoms with E-state index in [2.05, 4.69) is 16.2 Å². The molecule has 10 heteroatoms. The molecule has 0 atom stereocenters. The summed E-state index contributed by atoms with van der Waals surface area (Å²) in [6.45, 7) is 7.25. The number of carbonyl (C=O) groups is 1. The van der Waals surface area contributed by atoms with Crippen LogP contribution in [-0.4, -0.2) is 28.9 Å². The van der Waals surface area contributed by atoms with E-state index in [1.54, 1.807) is 30.3 Å². The highest BCUT2D eigenvalue weighted by molar-refractivity contribution is 8.00. The van der Waals surface area contributed by atoms with Gasteiger partial charge >= 0.3 is 0 Å². The topological polar surface area (TPSA) is 126 Å². The van der Waals surface area contributed by atoms with Gasteiger partial charge in [-0.05, 0) is 35.9 Å². The number of rotatable bonds is 10. The number of benzene rings is 2. The highest BCUT2D eigenvalue weighted by Gasteiger charge is 2.12. The van der Waals surface area contributed by atoms with Crippen molar-refractivity contribution >= 4 is 52.6 Å². The van der Waals surface area contributed by atoms with E-state index < -0.39 is 4.92 Å². The SMILES string of the molecule is [C-]#[N+]CCSc1cc(NC(=O)C=Cc2ccc([N+](=O)[O-])cc2)c(SCCC#N)cc1N. The van der Waals surface area contributed by atoms with Gasteiger partial charge in [-0.1, -0.05) is 0 Å². The molecular weight excluding hydrogens is 434 g/mol. The number of carbonyl (C=O) groups excluding carboxylic acids is 1. The van der Waals surface area contributed by atoms with Crippen LogP contribution in [0.25, 0.3) is 10.9 Å². The summed E-state index contributed by atoms with van der Waals surface area (Å²) in [6.07, 6.45) is 3.26. The maximum absolute atomic E-state index is 12.5. The molecule has 0 aliphatic carbocycles. The van der Waals surface area contributed by atoms with E-state index in [-0.39, 0.29) is 11.6 Å². The number of amides is 1. The number of nitrogens with two attached hydrogens (primary N) is 1. The molecule has 1 amide bonds. The van der Waals surface area contributed by atoms with Gasteiger partial charge in [-0.2, -0.15) is 5.26 Å². The van der Waals surface area contributed by atoms with Gasteiger partial charge in [0.15, 0.2) is 0 Å². The molecule has 0 spiro atoms. The highest BCUT2D eigenvalue weighted by atomic mass is 32.2. The molecule has 0 radical (unpaired) electrons. The van der Waals surface area contributed by atoms with Crippen LogP contribution in [0.5, 0.6) is 0 Å². The van der Waals surface area contributed by atoms with Crippen LogP contribution in [0.1, 0.15) is 12.0 Å². The number of thioether (sulfide) groups is 2. The molecule has 0 aromatic heterocycles. The van der Waals surface area contributed by atoms with Gasteiger partial charge in [-0.25, -0.2) is 6.57 Å². The smallest absolute Gasteiger partial charge is 0.269 e. The van der Waals surface area contributed by atoms with Crippen molar-refractivity contribution in [3.63, 3.8) is 0 Å². The van der Waals surface area contributed by atoms with Gasteiger partial charge in [0.1, 0.15) is 0 Å². The predicted molar refractivity (Wildman–Crippen MR) is 125 cm³/mol. The van der Waals surface area contributed by atoms with E-state index >= 15 is 0 Å². The molecule has 2 aromatic rings. The van der Waals surface area contributed by atoms with Crippen LogP contribution in [0.4, 0.5) is 17.1 Å². The zero-order chi connectivity index (χ0) is 22.6. The Morgan fingerprint density at radius 3 is 2.61 bits per heavy atom. The molecule has 0 heterocycles. The van der Waals surface area contributed by atoms with E-state index in [9.17, 15) is 14.9 Å². The quantitative estimate of drug-likeness (QED) is 0.100. The lowest BCUT2D eigenvalue weighted by Crippen LogP contribution is -2.09. The Balaban J connectivity index is 2.17. The lowest BCUT2D eigenvalue weighted by molar-refractivity contribution is -0.384. The number of hydrogen-bond donors (Lipinski definition) is 2. The molecule has 0 unspecified atom stereocenters. The predicted octanol–water partition coefficient (Wildman–Crippen LogP) is 4.85. The lowest BCUT2D eigenvalue weighted by atomic mass is 10.2. The summed E-state index contributed by atoms with van der Waals surface area (Å²) in [5, 5.41) is 22.3. The summed E-state index contributed by atoms with van der Waals surface area (Å²) in [6, 6.07) is 11.5. The fourth-order valence-electron chi connectivity index (χ4n) is 2.38. The van der Waals surface area contributed by atoms with Crippen molar-refractivity contribution in [3.8, 4) is 6.07 Å². The van der Waals surface area contributed by atoms with Crippen LogP contribution in [-0.2, 0) is 4.79 Å². The minimum Gasteiger partial charge on any atom is -0.398 e. The molecule has 0 fully saturated rings. The van der Waals surface area contributed by atoms with Crippen molar-refractivity contribution in [2.24, 2.45) is 0 Å². The van der Waals surface area contributed by atoms with Crippen LogP contribution in [0.2, 0.25) is 0 Å². The van der Waals surface area contributed by atoms with Crippen molar-refractivity contribution in [1.29, 1.82) is 5.26 Å². The average molecular weight is 454 g/mol. The fourth-order valence-corrected chi connectivity index (χ4v) is 4.10. The summed E-state index contributed by atoms with van der Waals surface area (Å²) in [5.74, 6) is 0.770. The summed E-state index contributed by atoms with van der Waals surface area (Å²) in [7, 11) is 0. The second-order valence-corrected chi connectivity index (χ2v) is 8.32. The molecule has 8 nitrogen and oxygen atoms in total. The Labute approximate surface area is 188 Å². The van der Waals surface area contributed by atoms with Gasteiger partial charge in [0, 0.05) is 45.9 Å². The van der Waals surface area contributed by atoms with Crippen LogP contribution in [0.15, 0.2) is 52.3 Å². The third kappa shape index (κ3) is 7.70. The molecule has 0 aliphatic heterocycles. The molecule has 0 saturated heterocycles. The van der Waals surface area contributed by atoms with Gasteiger partial charge in [-0.3, -0.25) is 14.9 Å². The first-order valence-corrected chi connectivity index (χ1v) is 11.0. The minimum atomic E-state index is -0.486. The summed E-state index contributed by atoms with van der Waals surface area (Å²) < 4.78 is 0. The van der Waals surface area contributed by atoms with Crippen molar-refractivity contribution in [1.82, 2.24) is 0 Å². The monoisotopic (exact) mass is 453 g/mol. The van der Waals surface area contributed by atoms with Crippen molar-refractivity contribution in [3.05, 3.63) is 69.6 Å². The Morgan fingerprint density at radius 1 is 1.26 bits per heavy atom. The van der Waals surface area contributed by atoms with E-state index in [4.69, 9.17) is 17.6 Å². The molecule has 2 rings (SSSR count). The third-order valence-electron chi connectivity index (χ3n) is 3.83.